The van der Waals surface area contributed by atoms with Crippen LogP contribution in [0.2, 0.25) is 0 Å². The van der Waals surface area contributed by atoms with E-state index < -0.39 is 0 Å². The van der Waals surface area contributed by atoms with E-state index in [0.29, 0.717) is 0 Å². The van der Waals surface area contributed by atoms with Gasteiger partial charge in [0, 0.05) is 0 Å². The Labute approximate surface area is 119 Å². The summed E-state index contributed by atoms with van der Waals surface area (Å²) in [4.78, 5) is 0. The minimum absolute atomic E-state index is 1.21. The molecule has 0 nitrogen and oxygen atoms in total. The molecule has 106 valence electrons. The third kappa shape index (κ3) is 5.63. The first-order chi connectivity index (χ1) is 9.33. The summed E-state index contributed by atoms with van der Waals surface area (Å²) in [5, 5.41) is 0. The minimum atomic E-state index is 1.21. The zero-order valence-electron chi connectivity index (χ0n) is 13.0. The molecule has 0 aliphatic carbocycles. The van der Waals surface area contributed by atoms with Gasteiger partial charge in [0.2, 0.25) is 0 Å². The van der Waals surface area contributed by atoms with E-state index in [4.69, 9.17) is 0 Å². The summed E-state index contributed by atoms with van der Waals surface area (Å²) in [6.45, 7) is 6.81. The highest BCUT2D eigenvalue weighted by Crippen LogP contribution is 2.26. The summed E-state index contributed by atoms with van der Waals surface area (Å²) < 4.78 is 0. The van der Waals surface area contributed by atoms with E-state index in [0.717, 1.165) is 0 Å². The number of hydrogen-bond donors (Lipinski definition) is 0. The monoisotopic (exact) mass is 258 g/mol. The van der Waals surface area contributed by atoms with Gasteiger partial charge in [-0.15, -0.1) is 0 Å². The summed E-state index contributed by atoms with van der Waals surface area (Å²) in [7, 11) is 0. The molecule has 0 heterocycles. The van der Waals surface area contributed by atoms with E-state index in [1.807, 2.05) is 0 Å². The van der Waals surface area contributed by atoms with Crippen molar-refractivity contribution in [3.8, 4) is 0 Å². The lowest BCUT2D eigenvalue weighted by Gasteiger charge is -2.13. The Morgan fingerprint density at radius 2 is 1.68 bits per heavy atom. The molecule has 0 fully saturated rings. The molecule has 0 heteroatoms. The molecule has 1 rings (SSSR count). The summed E-state index contributed by atoms with van der Waals surface area (Å²) in [6.07, 6.45) is 12.5. The lowest BCUT2D eigenvalue weighted by Crippen LogP contribution is -1.95. The highest BCUT2D eigenvalue weighted by Gasteiger charge is 2.06. The maximum Gasteiger partial charge on any atom is -0.0196 e. The first-order valence-corrected chi connectivity index (χ1v) is 8.10. The van der Waals surface area contributed by atoms with Crippen molar-refractivity contribution in [3.63, 3.8) is 0 Å². The van der Waals surface area contributed by atoms with Crippen LogP contribution >= 0.6 is 0 Å². The Hall–Kier alpha value is -1.04. The van der Waals surface area contributed by atoms with E-state index in [1.54, 1.807) is 11.1 Å². The fourth-order valence-electron chi connectivity index (χ4n) is 2.45. The first kappa shape index (κ1) is 16.0. The largest absolute Gasteiger partial charge is 0.0807 e. The normalized spacial score (nSPS) is 11.8. The molecule has 0 N–H and O–H groups in total. The third-order valence-corrected chi connectivity index (χ3v) is 3.64. The van der Waals surface area contributed by atoms with Crippen LogP contribution < -0.4 is 0 Å². The lowest BCUT2D eigenvalue weighted by molar-refractivity contribution is 0.788. The van der Waals surface area contributed by atoms with Gasteiger partial charge in [0.1, 0.15) is 0 Å². The van der Waals surface area contributed by atoms with Crippen LogP contribution in [0.15, 0.2) is 30.3 Å². The first-order valence-electron chi connectivity index (χ1n) is 8.10. The van der Waals surface area contributed by atoms with E-state index >= 15 is 0 Å². The maximum absolute atomic E-state index is 2.47. The average molecular weight is 258 g/mol. The minimum Gasteiger partial charge on any atom is -0.0807 e. The molecule has 0 radical (unpaired) electrons. The molecule has 0 unspecified atom stereocenters. The number of allylic oxidation sites excluding steroid dienone is 2. The van der Waals surface area contributed by atoms with Gasteiger partial charge in [-0.1, -0.05) is 70.4 Å². The Morgan fingerprint density at radius 3 is 2.37 bits per heavy atom. The van der Waals surface area contributed by atoms with Crippen molar-refractivity contribution in [3.05, 3.63) is 41.5 Å². The van der Waals surface area contributed by atoms with Crippen LogP contribution in [0.5, 0.6) is 0 Å². The summed E-state index contributed by atoms with van der Waals surface area (Å²) >= 11 is 0. The van der Waals surface area contributed by atoms with E-state index in [1.165, 1.54) is 56.9 Å². The van der Waals surface area contributed by atoms with E-state index in [2.05, 4.69) is 51.1 Å². The van der Waals surface area contributed by atoms with Crippen LogP contribution in [0.3, 0.4) is 0 Å². The van der Waals surface area contributed by atoms with Crippen molar-refractivity contribution in [2.75, 3.05) is 0 Å². The molecule has 0 spiro atoms. The molecule has 1 aromatic rings. The van der Waals surface area contributed by atoms with Crippen molar-refractivity contribution >= 4 is 5.57 Å². The van der Waals surface area contributed by atoms with Crippen LogP contribution in [0.4, 0.5) is 0 Å². The van der Waals surface area contributed by atoms with E-state index in [-0.39, 0.29) is 0 Å². The van der Waals surface area contributed by atoms with Gasteiger partial charge >= 0.3 is 0 Å². The van der Waals surface area contributed by atoms with Gasteiger partial charge in [-0.25, -0.2) is 0 Å². The van der Waals surface area contributed by atoms with Crippen molar-refractivity contribution in [1.29, 1.82) is 0 Å². The van der Waals surface area contributed by atoms with E-state index in [9.17, 15) is 0 Å². The molecule has 0 bridgehead atoms. The Bertz CT molecular complexity index is 373. The molecular formula is C19H30. The Balaban J connectivity index is 2.92. The van der Waals surface area contributed by atoms with Gasteiger partial charge < -0.3 is 0 Å². The molecule has 0 amide bonds. The SMILES string of the molecule is CCC/C=C(/CCCC)c1ccccc1CCCC. The van der Waals surface area contributed by atoms with Crippen LogP contribution in [-0.2, 0) is 6.42 Å². The van der Waals surface area contributed by atoms with Crippen LogP contribution in [0.25, 0.3) is 5.57 Å². The zero-order chi connectivity index (χ0) is 13.9. The molecular weight excluding hydrogens is 228 g/mol. The van der Waals surface area contributed by atoms with Gasteiger partial charge in [0.15, 0.2) is 0 Å². The lowest BCUT2D eigenvalue weighted by atomic mass is 9.92. The molecule has 0 saturated heterocycles. The molecule has 0 aliphatic heterocycles. The number of aryl methyl sites for hydroxylation is 1. The van der Waals surface area contributed by atoms with Crippen molar-refractivity contribution < 1.29 is 0 Å². The second kappa shape index (κ2) is 9.83. The third-order valence-electron chi connectivity index (χ3n) is 3.64. The average Bonchev–Trinajstić information content (AvgIpc) is 2.46. The van der Waals surface area contributed by atoms with Crippen LogP contribution in [0, 0.1) is 0 Å². The van der Waals surface area contributed by atoms with Gasteiger partial charge in [0.25, 0.3) is 0 Å². The molecule has 0 atom stereocenters. The molecule has 1 aromatic carbocycles. The van der Waals surface area contributed by atoms with Gasteiger partial charge in [0.05, 0.1) is 0 Å². The standard InChI is InChI=1S/C19H30/c1-4-7-12-17(13-8-5-2)19-16-11-10-15-18(19)14-9-6-3/h10-12,15-16H,4-9,13-14H2,1-3H3/b17-12-. The number of hydrogen-bond acceptors (Lipinski definition) is 0. The summed E-state index contributed by atoms with van der Waals surface area (Å²) in [5.74, 6) is 0. The highest BCUT2D eigenvalue weighted by molar-refractivity contribution is 5.68. The topological polar surface area (TPSA) is 0 Å². The highest BCUT2D eigenvalue weighted by atomic mass is 14.1. The van der Waals surface area contributed by atoms with Gasteiger partial charge in [-0.2, -0.15) is 0 Å². The fourth-order valence-corrected chi connectivity index (χ4v) is 2.45. The van der Waals surface area contributed by atoms with Crippen molar-refractivity contribution in [2.45, 2.75) is 72.1 Å². The second-order valence-electron chi connectivity index (χ2n) is 5.38. The molecule has 0 saturated carbocycles. The fraction of sp³-hybridized carbons (Fsp3) is 0.579. The predicted octanol–water partition coefficient (Wildman–Crippen LogP) is 6.40. The van der Waals surface area contributed by atoms with Gasteiger partial charge in [-0.05, 0) is 48.8 Å². The Morgan fingerprint density at radius 1 is 0.947 bits per heavy atom. The number of unbranched alkanes of at least 4 members (excludes halogenated alkanes) is 3. The molecule has 0 aliphatic rings. The number of benzene rings is 1. The maximum atomic E-state index is 2.47. The quantitative estimate of drug-likeness (QED) is 0.480. The van der Waals surface area contributed by atoms with Crippen molar-refractivity contribution in [1.82, 2.24) is 0 Å². The smallest absolute Gasteiger partial charge is 0.0196 e. The summed E-state index contributed by atoms with van der Waals surface area (Å²) in [6, 6.07) is 9.02. The van der Waals surface area contributed by atoms with Crippen LogP contribution in [0.1, 0.15) is 76.8 Å². The predicted molar refractivity (Wildman–Crippen MR) is 87.5 cm³/mol. The zero-order valence-corrected chi connectivity index (χ0v) is 13.0. The molecule has 19 heavy (non-hydrogen) atoms. The summed E-state index contributed by atoms with van der Waals surface area (Å²) in [5.41, 5.74) is 4.64. The molecule has 0 aromatic heterocycles. The van der Waals surface area contributed by atoms with Crippen LogP contribution in [-0.4, -0.2) is 0 Å². The second-order valence-corrected chi connectivity index (χ2v) is 5.38. The number of rotatable bonds is 9. The van der Waals surface area contributed by atoms with Crippen molar-refractivity contribution in [2.24, 2.45) is 0 Å². The Kier molecular flexibility index (Phi) is 8.29. The van der Waals surface area contributed by atoms with Gasteiger partial charge in [-0.3, -0.25) is 0 Å².